The van der Waals surface area contributed by atoms with Gasteiger partial charge in [-0.3, -0.25) is 9.78 Å². The number of rotatable bonds is 2. The van der Waals surface area contributed by atoms with Crippen molar-refractivity contribution in [3.05, 3.63) is 59.1 Å². The topological polar surface area (TPSA) is 51.0 Å². The Balaban J connectivity index is 1.59. The molecule has 6 heteroatoms. The molecule has 0 unspecified atom stereocenters. The van der Waals surface area contributed by atoms with Crippen LogP contribution in [0.3, 0.4) is 0 Å². The van der Waals surface area contributed by atoms with Gasteiger partial charge in [-0.2, -0.15) is 0 Å². The van der Waals surface area contributed by atoms with Crippen LogP contribution in [0.2, 0.25) is 5.02 Å². The minimum atomic E-state index is -0.0106. The number of nitrogens with zero attached hydrogens (tertiary/aromatic N) is 4. The summed E-state index contributed by atoms with van der Waals surface area (Å²) in [5.41, 5.74) is 2.52. The lowest BCUT2D eigenvalue weighted by Crippen LogP contribution is -2.28. The fourth-order valence-corrected chi connectivity index (χ4v) is 3.60. The van der Waals surface area contributed by atoms with Crippen LogP contribution in [0.5, 0.6) is 0 Å². The van der Waals surface area contributed by atoms with Gasteiger partial charge < -0.3 is 9.47 Å². The molecule has 1 atom stereocenters. The molecule has 5 nitrogen and oxygen atoms in total. The number of aromatic nitrogens is 3. The molecule has 1 aromatic carbocycles. The third-order valence-corrected chi connectivity index (χ3v) is 4.99. The van der Waals surface area contributed by atoms with Crippen molar-refractivity contribution >= 4 is 28.5 Å². The third-order valence-electron chi connectivity index (χ3n) is 4.66. The minimum absolute atomic E-state index is 0.0106. The average molecular weight is 341 g/mol. The second-order valence-corrected chi connectivity index (χ2v) is 6.52. The number of aryl methyl sites for hydroxylation is 1. The number of fused-ring (bicyclic) bond motifs is 1. The molecule has 3 heterocycles. The molecule has 0 saturated carbocycles. The molecule has 0 spiro atoms. The second kappa shape index (κ2) is 5.91. The van der Waals surface area contributed by atoms with Gasteiger partial charge >= 0.3 is 0 Å². The van der Waals surface area contributed by atoms with Gasteiger partial charge in [0.1, 0.15) is 5.82 Å². The molecule has 1 aliphatic rings. The van der Waals surface area contributed by atoms with Crippen molar-refractivity contribution in [2.75, 3.05) is 13.1 Å². The molecule has 24 heavy (non-hydrogen) atoms. The number of pyridine rings is 1. The van der Waals surface area contributed by atoms with Crippen molar-refractivity contribution in [3.63, 3.8) is 0 Å². The Labute approximate surface area is 144 Å². The third kappa shape index (κ3) is 2.45. The first-order valence-electron chi connectivity index (χ1n) is 7.95. The van der Waals surface area contributed by atoms with Crippen LogP contribution >= 0.6 is 11.6 Å². The van der Waals surface area contributed by atoms with E-state index in [0.717, 1.165) is 29.8 Å². The largest absolute Gasteiger partial charge is 0.338 e. The first-order chi connectivity index (χ1) is 11.6. The zero-order valence-corrected chi connectivity index (χ0v) is 14.1. The van der Waals surface area contributed by atoms with Gasteiger partial charge in [0.25, 0.3) is 5.91 Å². The number of carbonyl (C=O) groups is 1. The Morgan fingerprint density at radius 3 is 2.92 bits per heavy atom. The first-order valence-corrected chi connectivity index (χ1v) is 8.33. The summed E-state index contributed by atoms with van der Waals surface area (Å²) >= 11 is 6.16. The summed E-state index contributed by atoms with van der Waals surface area (Å²) < 4.78 is 2.08. The molecule has 1 amide bonds. The van der Waals surface area contributed by atoms with Gasteiger partial charge in [-0.15, -0.1) is 0 Å². The van der Waals surface area contributed by atoms with E-state index in [9.17, 15) is 4.79 Å². The van der Waals surface area contributed by atoms with E-state index < -0.39 is 0 Å². The monoisotopic (exact) mass is 340 g/mol. The Kier molecular flexibility index (Phi) is 3.73. The van der Waals surface area contributed by atoms with Crippen LogP contribution in [-0.4, -0.2) is 38.4 Å². The van der Waals surface area contributed by atoms with Crippen LogP contribution < -0.4 is 0 Å². The van der Waals surface area contributed by atoms with Crippen LogP contribution in [0, 0.1) is 0 Å². The predicted octanol–water partition coefficient (Wildman–Crippen LogP) is 3.25. The van der Waals surface area contributed by atoms with E-state index in [4.69, 9.17) is 16.6 Å². The second-order valence-electron chi connectivity index (χ2n) is 6.11. The van der Waals surface area contributed by atoms with E-state index >= 15 is 0 Å². The molecule has 122 valence electrons. The van der Waals surface area contributed by atoms with Gasteiger partial charge in [0.15, 0.2) is 0 Å². The fourth-order valence-electron chi connectivity index (χ4n) is 3.38. The van der Waals surface area contributed by atoms with E-state index in [1.807, 2.05) is 36.3 Å². The maximum atomic E-state index is 12.7. The van der Waals surface area contributed by atoms with Crippen LogP contribution in [0.15, 0.2) is 42.7 Å². The highest BCUT2D eigenvalue weighted by Crippen LogP contribution is 2.30. The molecule has 1 saturated heterocycles. The van der Waals surface area contributed by atoms with Crippen molar-refractivity contribution in [1.29, 1.82) is 0 Å². The van der Waals surface area contributed by atoms with E-state index in [1.54, 1.807) is 18.3 Å². The molecule has 0 radical (unpaired) electrons. The quantitative estimate of drug-likeness (QED) is 0.719. The number of likely N-dealkylation sites (tertiary alicyclic amines) is 1. The summed E-state index contributed by atoms with van der Waals surface area (Å²) in [5.74, 6) is 1.23. The number of benzene rings is 1. The summed E-state index contributed by atoms with van der Waals surface area (Å²) in [6.45, 7) is 1.38. The van der Waals surface area contributed by atoms with Gasteiger partial charge in [0.05, 0.1) is 27.8 Å². The van der Waals surface area contributed by atoms with E-state index in [2.05, 4.69) is 9.55 Å². The van der Waals surface area contributed by atoms with Crippen LogP contribution in [0.4, 0.5) is 0 Å². The number of imidazole rings is 1. The molecular formula is C18H17ClN4O. The fraction of sp³-hybridized carbons (Fsp3) is 0.278. The Hall–Kier alpha value is -2.40. The highest BCUT2D eigenvalue weighted by atomic mass is 35.5. The smallest absolute Gasteiger partial charge is 0.255 e. The molecule has 0 N–H and O–H groups in total. The number of hydrogen-bond acceptors (Lipinski definition) is 3. The Morgan fingerprint density at radius 1 is 1.29 bits per heavy atom. The van der Waals surface area contributed by atoms with Gasteiger partial charge in [-0.25, -0.2) is 4.98 Å². The lowest BCUT2D eigenvalue weighted by molar-refractivity contribution is 0.0790. The first kappa shape index (κ1) is 15.1. The van der Waals surface area contributed by atoms with E-state index in [-0.39, 0.29) is 11.8 Å². The summed E-state index contributed by atoms with van der Waals surface area (Å²) in [6, 6.07) is 9.12. The van der Waals surface area contributed by atoms with Crippen molar-refractivity contribution < 1.29 is 4.79 Å². The summed E-state index contributed by atoms with van der Waals surface area (Å²) in [7, 11) is 2.00. The van der Waals surface area contributed by atoms with Crippen molar-refractivity contribution in [1.82, 2.24) is 19.4 Å². The van der Waals surface area contributed by atoms with Crippen molar-refractivity contribution in [2.24, 2.45) is 7.05 Å². The van der Waals surface area contributed by atoms with Gasteiger partial charge in [0.2, 0.25) is 0 Å². The number of carbonyl (C=O) groups excluding carboxylic acids is 1. The molecule has 1 fully saturated rings. The van der Waals surface area contributed by atoms with Gasteiger partial charge in [-0.05, 0) is 24.6 Å². The van der Waals surface area contributed by atoms with Crippen molar-refractivity contribution in [2.45, 2.75) is 12.3 Å². The van der Waals surface area contributed by atoms with Crippen LogP contribution in [0.25, 0.3) is 11.0 Å². The molecule has 1 aliphatic heterocycles. The van der Waals surface area contributed by atoms with Crippen molar-refractivity contribution in [3.8, 4) is 0 Å². The van der Waals surface area contributed by atoms with Gasteiger partial charge in [0, 0.05) is 32.3 Å². The molecule has 0 bridgehead atoms. The molecular weight excluding hydrogens is 324 g/mol. The number of amides is 1. The predicted molar refractivity (Wildman–Crippen MR) is 93.2 cm³/mol. The highest BCUT2D eigenvalue weighted by Gasteiger charge is 2.31. The molecule has 0 aliphatic carbocycles. The molecule has 2 aromatic heterocycles. The highest BCUT2D eigenvalue weighted by molar-refractivity contribution is 6.33. The maximum Gasteiger partial charge on any atom is 0.255 e. The Bertz CT molecular complexity index is 920. The summed E-state index contributed by atoms with van der Waals surface area (Å²) in [5, 5.41) is 0.500. The number of halogens is 1. The zero-order chi connectivity index (χ0) is 16.7. The zero-order valence-electron chi connectivity index (χ0n) is 13.3. The average Bonchev–Trinajstić information content (AvgIpc) is 3.20. The summed E-state index contributed by atoms with van der Waals surface area (Å²) in [6.07, 6.45) is 4.48. The summed E-state index contributed by atoms with van der Waals surface area (Å²) in [4.78, 5) is 23.5. The lowest BCUT2D eigenvalue weighted by atomic mass is 10.1. The Morgan fingerprint density at radius 2 is 2.12 bits per heavy atom. The van der Waals surface area contributed by atoms with E-state index in [1.165, 1.54) is 0 Å². The SMILES string of the molecule is Cn1c([C@@H]2CCN(C(=O)c3ccccc3Cl)C2)nc2ccncc21. The van der Waals surface area contributed by atoms with Crippen LogP contribution in [-0.2, 0) is 7.05 Å². The molecule has 3 aromatic rings. The standard InChI is InChI=1S/C18H17ClN4O/c1-22-16-10-20-8-6-15(16)21-17(22)12-7-9-23(11-12)18(24)13-4-2-3-5-14(13)19/h2-6,8,10,12H,7,9,11H2,1H3/t12-/m1/s1. The maximum absolute atomic E-state index is 12.7. The van der Waals surface area contributed by atoms with Gasteiger partial charge in [-0.1, -0.05) is 23.7 Å². The normalized spacial score (nSPS) is 17.6. The van der Waals surface area contributed by atoms with E-state index in [0.29, 0.717) is 17.1 Å². The van der Waals surface area contributed by atoms with Crippen LogP contribution in [0.1, 0.15) is 28.5 Å². The lowest BCUT2D eigenvalue weighted by Gasteiger charge is -2.17. The number of hydrogen-bond donors (Lipinski definition) is 0. The molecule has 4 rings (SSSR count). The minimum Gasteiger partial charge on any atom is -0.338 e.